The van der Waals surface area contributed by atoms with Gasteiger partial charge in [0, 0.05) is 13.0 Å². The molecule has 3 aromatic rings. The van der Waals surface area contributed by atoms with Crippen LogP contribution in [0.15, 0.2) is 40.8 Å². The molecule has 1 N–H and O–H groups in total. The van der Waals surface area contributed by atoms with E-state index in [1.165, 1.54) is 9.71 Å². The molecule has 0 spiro atoms. The highest BCUT2D eigenvalue weighted by Crippen LogP contribution is 2.21. The highest BCUT2D eigenvalue weighted by molar-refractivity contribution is 14.1. The maximum atomic E-state index is 5.49. The lowest BCUT2D eigenvalue weighted by Gasteiger charge is -2.00. The lowest BCUT2D eigenvalue weighted by molar-refractivity contribution is 0.464. The molecular weight excluding hydrogens is 371 g/mol. The molecule has 19 heavy (non-hydrogen) atoms. The first kappa shape index (κ1) is 13.1. The Morgan fingerprint density at radius 2 is 2.11 bits per heavy atom. The molecule has 2 aromatic heterocycles. The molecule has 3 nitrogen and oxygen atoms in total. The van der Waals surface area contributed by atoms with Gasteiger partial charge >= 0.3 is 0 Å². The van der Waals surface area contributed by atoms with Crippen molar-refractivity contribution >= 4 is 44.1 Å². The Balaban J connectivity index is 1.52. The molecular formula is C14H13IN2OS. The van der Waals surface area contributed by atoms with Gasteiger partial charge in [0.15, 0.2) is 3.77 Å². The van der Waals surface area contributed by atoms with Gasteiger partial charge in [0.05, 0.1) is 21.8 Å². The van der Waals surface area contributed by atoms with E-state index >= 15 is 0 Å². The van der Waals surface area contributed by atoms with Crippen LogP contribution in [0.5, 0.6) is 0 Å². The number of thiazole rings is 1. The summed E-state index contributed by atoms with van der Waals surface area (Å²) in [5.41, 5.74) is 1.10. The molecule has 0 amide bonds. The SMILES string of the molecule is Ic1ccc(CNCCc2nc3ccccc3s2)o1. The van der Waals surface area contributed by atoms with Crippen molar-refractivity contribution in [3.05, 3.63) is 50.9 Å². The van der Waals surface area contributed by atoms with E-state index in [0.717, 1.165) is 34.6 Å². The van der Waals surface area contributed by atoms with Crippen molar-refractivity contribution in [2.45, 2.75) is 13.0 Å². The standard InChI is InChI=1S/C14H13IN2OS/c15-13-6-5-10(18-13)9-16-8-7-14-17-11-3-1-2-4-12(11)19-14/h1-6,16H,7-9H2. The molecule has 0 saturated heterocycles. The van der Waals surface area contributed by atoms with E-state index in [-0.39, 0.29) is 0 Å². The summed E-state index contributed by atoms with van der Waals surface area (Å²) in [4.78, 5) is 4.62. The van der Waals surface area contributed by atoms with E-state index in [2.05, 4.69) is 51.1 Å². The summed E-state index contributed by atoms with van der Waals surface area (Å²) in [5, 5.41) is 4.56. The van der Waals surface area contributed by atoms with Crippen LogP contribution < -0.4 is 5.32 Å². The smallest absolute Gasteiger partial charge is 0.164 e. The fraction of sp³-hybridized carbons (Fsp3) is 0.214. The van der Waals surface area contributed by atoms with E-state index in [1.54, 1.807) is 11.3 Å². The predicted octanol–water partition coefficient (Wildman–Crippen LogP) is 3.83. The number of benzene rings is 1. The number of hydrogen-bond donors (Lipinski definition) is 1. The van der Waals surface area contributed by atoms with Gasteiger partial charge in [0.2, 0.25) is 0 Å². The molecule has 98 valence electrons. The highest BCUT2D eigenvalue weighted by atomic mass is 127. The van der Waals surface area contributed by atoms with Gasteiger partial charge in [-0.3, -0.25) is 0 Å². The average molecular weight is 384 g/mol. The Morgan fingerprint density at radius 3 is 2.89 bits per heavy atom. The molecule has 0 radical (unpaired) electrons. The fourth-order valence-corrected chi connectivity index (χ4v) is 3.31. The van der Waals surface area contributed by atoms with Crippen molar-refractivity contribution < 1.29 is 4.42 Å². The van der Waals surface area contributed by atoms with Crippen molar-refractivity contribution in [3.63, 3.8) is 0 Å². The van der Waals surface area contributed by atoms with Crippen LogP contribution in [0, 0.1) is 3.77 Å². The van der Waals surface area contributed by atoms with Crippen molar-refractivity contribution in [1.82, 2.24) is 10.3 Å². The summed E-state index contributed by atoms with van der Waals surface area (Å²) in [6.07, 6.45) is 0.956. The second kappa shape index (κ2) is 6.02. The van der Waals surface area contributed by atoms with Crippen molar-refractivity contribution in [1.29, 1.82) is 0 Å². The number of rotatable bonds is 5. The minimum absolute atomic E-state index is 0.772. The molecule has 0 saturated carbocycles. The number of nitrogens with one attached hydrogen (secondary N) is 1. The Bertz CT molecular complexity index is 644. The number of para-hydroxylation sites is 1. The molecule has 0 atom stereocenters. The molecule has 3 rings (SSSR count). The zero-order chi connectivity index (χ0) is 13.1. The minimum Gasteiger partial charge on any atom is -0.454 e. The van der Waals surface area contributed by atoms with Crippen LogP contribution in [0.2, 0.25) is 0 Å². The first-order valence-corrected chi connectivity index (χ1v) is 8.00. The van der Waals surface area contributed by atoms with Crippen LogP contribution in [0.25, 0.3) is 10.2 Å². The first-order chi connectivity index (χ1) is 9.31. The third kappa shape index (κ3) is 3.34. The maximum Gasteiger partial charge on any atom is 0.164 e. The van der Waals surface area contributed by atoms with Crippen LogP contribution in [0.1, 0.15) is 10.8 Å². The van der Waals surface area contributed by atoms with E-state index in [9.17, 15) is 0 Å². The zero-order valence-corrected chi connectivity index (χ0v) is 13.2. The van der Waals surface area contributed by atoms with Crippen LogP contribution in [0.4, 0.5) is 0 Å². The summed E-state index contributed by atoms with van der Waals surface area (Å²) in [6.45, 7) is 1.69. The minimum atomic E-state index is 0.772. The van der Waals surface area contributed by atoms with Crippen LogP contribution in [0.3, 0.4) is 0 Å². The lowest BCUT2D eigenvalue weighted by atomic mass is 10.3. The van der Waals surface area contributed by atoms with E-state index in [1.807, 2.05) is 18.2 Å². The van der Waals surface area contributed by atoms with E-state index in [4.69, 9.17) is 4.42 Å². The number of aromatic nitrogens is 1. The zero-order valence-electron chi connectivity index (χ0n) is 10.2. The molecule has 0 aliphatic rings. The van der Waals surface area contributed by atoms with Gasteiger partial charge < -0.3 is 9.73 Å². The van der Waals surface area contributed by atoms with Gasteiger partial charge in [-0.15, -0.1) is 11.3 Å². The molecule has 0 aliphatic heterocycles. The fourth-order valence-electron chi connectivity index (χ4n) is 1.88. The maximum absolute atomic E-state index is 5.49. The predicted molar refractivity (Wildman–Crippen MR) is 86.5 cm³/mol. The van der Waals surface area contributed by atoms with E-state index < -0.39 is 0 Å². The normalized spacial score (nSPS) is 11.2. The van der Waals surface area contributed by atoms with Crippen molar-refractivity contribution in [2.75, 3.05) is 6.54 Å². The van der Waals surface area contributed by atoms with Gasteiger partial charge in [-0.25, -0.2) is 4.98 Å². The Hall–Kier alpha value is -0.920. The second-order valence-corrected chi connectivity index (χ2v) is 6.39. The van der Waals surface area contributed by atoms with Crippen LogP contribution in [-0.4, -0.2) is 11.5 Å². The van der Waals surface area contributed by atoms with Crippen molar-refractivity contribution in [3.8, 4) is 0 Å². The third-order valence-electron chi connectivity index (χ3n) is 2.78. The quantitative estimate of drug-likeness (QED) is 0.537. The Morgan fingerprint density at radius 1 is 1.21 bits per heavy atom. The summed E-state index contributed by atoms with van der Waals surface area (Å²) in [6, 6.07) is 12.3. The molecule has 1 aromatic carbocycles. The highest BCUT2D eigenvalue weighted by Gasteiger charge is 2.03. The van der Waals surface area contributed by atoms with Gasteiger partial charge in [0.25, 0.3) is 0 Å². The largest absolute Gasteiger partial charge is 0.454 e. The first-order valence-electron chi connectivity index (χ1n) is 6.10. The molecule has 0 bridgehead atoms. The number of furan rings is 1. The number of fused-ring (bicyclic) bond motifs is 1. The summed E-state index contributed by atoms with van der Waals surface area (Å²) < 4.78 is 7.69. The second-order valence-electron chi connectivity index (χ2n) is 4.21. The third-order valence-corrected chi connectivity index (χ3v) is 4.46. The van der Waals surface area contributed by atoms with Crippen LogP contribution >= 0.6 is 33.9 Å². The van der Waals surface area contributed by atoms with Crippen LogP contribution in [-0.2, 0) is 13.0 Å². The van der Waals surface area contributed by atoms with Gasteiger partial charge in [-0.05, 0) is 46.9 Å². The van der Waals surface area contributed by atoms with Gasteiger partial charge in [-0.1, -0.05) is 12.1 Å². The van der Waals surface area contributed by atoms with Crippen molar-refractivity contribution in [2.24, 2.45) is 0 Å². The molecule has 5 heteroatoms. The summed E-state index contributed by atoms with van der Waals surface area (Å²) in [7, 11) is 0. The topological polar surface area (TPSA) is 38.1 Å². The lowest BCUT2D eigenvalue weighted by Crippen LogP contribution is -2.16. The summed E-state index contributed by atoms with van der Waals surface area (Å²) >= 11 is 3.95. The Kier molecular flexibility index (Phi) is 4.15. The van der Waals surface area contributed by atoms with Gasteiger partial charge in [-0.2, -0.15) is 0 Å². The Labute approximate surface area is 129 Å². The molecule has 0 aliphatic carbocycles. The monoisotopic (exact) mass is 384 g/mol. The molecule has 0 unspecified atom stereocenters. The molecule has 2 heterocycles. The number of hydrogen-bond acceptors (Lipinski definition) is 4. The summed E-state index contributed by atoms with van der Waals surface area (Å²) in [5.74, 6) is 0.980. The average Bonchev–Trinajstić information content (AvgIpc) is 3.00. The molecule has 0 fully saturated rings. The number of halogens is 1. The number of nitrogens with zero attached hydrogens (tertiary/aromatic N) is 1. The van der Waals surface area contributed by atoms with Gasteiger partial charge in [0.1, 0.15) is 5.76 Å². The van der Waals surface area contributed by atoms with E-state index in [0.29, 0.717) is 0 Å².